The maximum atomic E-state index is 6.87. The van der Waals surface area contributed by atoms with E-state index in [0.29, 0.717) is 5.25 Å². The average molecular weight is 132 g/mol. The van der Waals surface area contributed by atoms with Gasteiger partial charge in [-0.2, -0.15) is 0 Å². The summed E-state index contributed by atoms with van der Waals surface area (Å²) in [5, 5.41) is 7.58. The minimum Gasteiger partial charge on any atom is -0.379 e. The normalized spacial score (nSPS) is 13.2. The van der Waals surface area contributed by atoms with Gasteiger partial charge in [0, 0.05) is 5.25 Å². The first kappa shape index (κ1) is 7.82. The highest BCUT2D eigenvalue weighted by atomic mass is 32.2. The van der Waals surface area contributed by atoms with Crippen LogP contribution in [0.25, 0.3) is 0 Å². The van der Waals surface area contributed by atoms with Gasteiger partial charge in [-0.3, -0.25) is 5.41 Å². The van der Waals surface area contributed by atoms with Crippen molar-refractivity contribution in [2.75, 3.05) is 0 Å². The van der Waals surface area contributed by atoms with E-state index in [0.717, 1.165) is 6.42 Å². The molecular weight excluding hydrogens is 120 g/mol. The zero-order valence-electron chi connectivity index (χ0n) is 5.27. The Morgan fingerprint density at radius 3 is 2.50 bits per heavy atom. The molecule has 0 aliphatic rings. The summed E-state index contributed by atoms with van der Waals surface area (Å²) < 4.78 is 0. The molecule has 0 aromatic heterocycles. The van der Waals surface area contributed by atoms with Gasteiger partial charge in [0.25, 0.3) is 0 Å². The van der Waals surface area contributed by atoms with Gasteiger partial charge < -0.3 is 5.73 Å². The largest absolute Gasteiger partial charge is 0.379 e. The first-order valence-corrected chi connectivity index (χ1v) is 3.55. The second-order valence-electron chi connectivity index (χ2n) is 1.70. The Morgan fingerprint density at radius 2 is 2.38 bits per heavy atom. The van der Waals surface area contributed by atoms with E-state index >= 15 is 0 Å². The Bertz CT molecular complexity index is 82.5. The fourth-order valence-electron chi connectivity index (χ4n) is 0.300. The van der Waals surface area contributed by atoms with Crippen LogP contribution < -0.4 is 5.73 Å². The molecule has 0 rings (SSSR count). The Hall–Kier alpha value is -0.180. The molecule has 0 aliphatic heterocycles. The summed E-state index contributed by atoms with van der Waals surface area (Å²) in [7, 11) is 0. The fourth-order valence-corrected chi connectivity index (χ4v) is 0.900. The van der Waals surface area contributed by atoms with Crippen LogP contribution in [0, 0.1) is 5.41 Å². The zero-order valence-corrected chi connectivity index (χ0v) is 6.09. The molecule has 0 saturated heterocycles. The molecular formula is C5H12N2S. The second kappa shape index (κ2) is 3.78. The van der Waals surface area contributed by atoms with Crippen molar-refractivity contribution in [3.63, 3.8) is 0 Å². The van der Waals surface area contributed by atoms with Gasteiger partial charge in [0.05, 0.1) is 0 Å². The summed E-state index contributed by atoms with van der Waals surface area (Å²) in [6.45, 7) is 4.15. The topological polar surface area (TPSA) is 49.9 Å². The predicted molar refractivity (Wildman–Crippen MR) is 39.3 cm³/mol. The molecule has 8 heavy (non-hydrogen) atoms. The number of rotatable bonds is 2. The molecule has 3 N–H and O–H groups in total. The van der Waals surface area contributed by atoms with Crippen molar-refractivity contribution in [1.82, 2.24) is 0 Å². The minimum atomic E-state index is 0.222. The van der Waals surface area contributed by atoms with Gasteiger partial charge in [0.2, 0.25) is 0 Å². The first-order chi connectivity index (χ1) is 3.66. The first-order valence-electron chi connectivity index (χ1n) is 2.67. The average Bonchev–Trinajstić information content (AvgIpc) is 1.65. The van der Waals surface area contributed by atoms with Crippen molar-refractivity contribution in [2.45, 2.75) is 25.5 Å². The highest BCUT2D eigenvalue weighted by molar-refractivity contribution is 8.14. The van der Waals surface area contributed by atoms with E-state index in [4.69, 9.17) is 11.1 Å². The Kier molecular flexibility index (Phi) is 3.69. The third-order valence-corrected chi connectivity index (χ3v) is 1.89. The molecule has 0 aromatic carbocycles. The van der Waals surface area contributed by atoms with Crippen LogP contribution in [0.3, 0.4) is 0 Å². The van der Waals surface area contributed by atoms with Crippen molar-refractivity contribution >= 4 is 16.9 Å². The molecule has 2 nitrogen and oxygen atoms in total. The molecule has 3 heteroatoms. The van der Waals surface area contributed by atoms with Crippen LogP contribution in [0.15, 0.2) is 0 Å². The molecule has 0 bridgehead atoms. The van der Waals surface area contributed by atoms with Crippen LogP contribution in [0.4, 0.5) is 0 Å². The summed E-state index contributed by atoms with van der Waals surface area (Å²) in [6.07, 6.45) is 1.07. The van der Waals surface area contributed by atoms with E-state index in [1.807, 2.05) is 0 Å². The van der Waals surface area contributed by atoms with E-state index in [1.165, 1.54) is 11.8 Å². The predicted octanol–water partition coefficient (Wildman–Crippen LogP) is 1.41. The van der Waals surface area contributed by atoms with E-state index in [-0.39, 0.29) is 5.17 Å². The van der Waals surface area contributed by atoms with E-state index in [1.54, 1.807) is 0 Å². The lowest BCUT2D eigenvalue weighted by molar-refractivity contribution is 0.910. The Labute approximate surface area is 54.3 Å². The SMILES string of the molecule is CC[C@H](C)SC(=N)N. The fraction of sp³-hybridized carbons (Fsp3) is 0.800. The van der Waals surface area contributed by atoms with E-state index < -0.39 is 0 Å². The lowest BCUT2D eigenvalue weighted by Crippen LogP contribution is -2.08. The molecule has 0 spiro atoms. The van der Waals surface area contributed by atoms with E-state index in [2.05, 4.69) is 13.8 Å². The molecule has 0 fully saturated rings. The van der Waals surface area contributed by atoms with Crippen molar-refractivity contribution in [1.29, 1.82) is 5.41 Å². The number of nitrogens with one attached hydrogen (secondary N) is 1. The van der Waals surface area contributed by atoms with Crippen LogP contribution >= 0.6 is 11.8 Å². The quantitative estimate of drug-likeness (QED) is 0.441. The molecule has 0 aromatic rings. The lowest BCUT2D eigenvalue weighted by Gasteiger charge is -2.03. The number of thioether (sulfide) groups is 1. The molecule has 1 atom stereocenters. The summed E-state index contributed by atoms with van der Waals surface area (Å²) in [5.74, 6) is 0. The molecule has 0 saturated carbocycles. The van der Waals surface area contributed by atoms with Crippen molar-refractivity contribution in [3.05, 3.63) is 0 Å². The number of nitrogens with two attached hydrogens (primary N) is 1. The van der Waals surface area contributed by atoms with Gasteiger partial charge in [-0.1, -0.05) is 25.6 Å². The summed E-state index contributed by atoms with van der Waals surface area (Å²) >= 11 is 1.42. The van der Waals surface area contributed by atoms with E-state index in [9.17, 15) is 0 Å². The van der Waals surface area contributed by atoms with Crippen LogP contribution in [0.1, 0.15) is 20.3 Å². The number of hydrogen-bond acceptors (Lipinski definition) is 2. The standard InChI is InChI=1S/C5H12N2S/c1-3-4(2)8-5(6)7/h4H,3H2,1-2H3,(H3,6,7)/t4-/m0/s1. The Balaban J connectivity index is 3.24. The second-order valence-corrected chi connectivity index (χ2v) is 3.18. The molecule has 48 valence electrons. The molecule has 0 radical (unpaired) electrons. The smallest absolute Gasteiger partial charge is 0.151 e. The summed E-state index contributed by atoms with van der Waals surface area (Å²) in [6, 6.07) is 0. The summed E-state index contributed by atoms with van der Waals surface area (Å²) in [5.41, 5.74) is 5.12. The molecule has 0 heterocycles. The molecule has 0 amide bonds. The summed E-state index contributed by atoms with van der Waals surface area (Å²) in [4.78, 5) is 0. The maximum absolute atomic E-state index is 6.87. The monoisotopic (exact) mass is 132 g/mol. The van der Waals surface area contributed by atoms with Crippen LogP contribution in [0.2, 0.25) is 0 Å². The molecule has 0 unspecified atom stereocenters. The lowest BCUT2D eigenvalue weighted by atomic mass is 10.4. The van der Waals surface area contributed by atoms with Crippen LogP contribution in [0.5, 0.6) is 0 Å². The van der Waals surface area contributed by atoms with Gasteiger partial charge in [-0.15, -0.1) is 0 Å². The van der Waals surface area contributed by atoms with Crippen molar-refractivity contribution in [3.8, 4) is 0 Å². The third kappa shape index (κ3) is 3.99. The van der Waals surface area contributed by atoms with Crippen molar-refractivity contribution < 1.29 is 0 Å². The number of amidine groups is 1. The molecule has 0 aliphatic carbocycles. The highest BCUT2D eigenvalue weighted by Gasteiger charge is 1.98. The van der Waals surface area contributed by atoms with Crippen LogP contribution in [-0.2, 0) is 0 Å². The third-order valence-electron chi connectivity index (χ3n) is 0.903. The highest BCUT2D eigenvalue weighted by Crippen LogP contribution is 2.11. The van der Waals surface area contributed by atoms with Gasteiger partial charge in [-0.05, 0) is 6.42 Å². The zero-order chi connectivity index (χ0) is 6.57. The van der Waals surface area contributed by atoms with Crippen LogP contribution in [-0.4, -0.2) is 10.4 Å². The van der Waals surface area contributed by atoms with Crippen molar-refractivity contribution in [2.24, 2.45) is 5.73 Å². The maximum Gasteiger partial charge on any atom is 0.151 e. The van der Waals surface area contributed by atoms with Gasteiger partial charge in [0.1, 0.15) is 0 Å². The Morgan fingerprint density at radius 1 is 1.88 bits per heavy atom. The van der Waals surface area contributed by atoms with Gasteiger partial charge >= 0.3 is 0 Å². The van der Waals surface area contributed by atoms with Gasteiger partial charge in [-0.25, -0.2) is 0 Å². The minimum absolute atomic E-state index is 0.222. The number of hydrogen-bond donors (Lipinski definition) is 2. The van der Waals surface area contributed by atoms with Gasteiger partial charge in [0.15, 0.2) is 5.17 Å².